The van der Waals surface area contributed by atoms with Crippen molar-refractivity contribution in [3.8, 4) is 0 Å². The second kappa shape index (κ2) is 8.18. The van der Waals surface area contributed by atoms with Crippen LogP contribution in [0.5, 0.6) is 0 Å². The molecule has 1 fully saturated rings. The van der Waals surface area contributed by atoms with Crippen LogP contribution in [0.1, 0.15) is 30.6 Å². The molecule has 2 unspecified atom stereocenters. The van der Waals surface area contributed by atoms with Gasteiger partial charge in [0.1, 0.15) is 0 Å². The molecule has 2 atom stereocenters. The van der Waals surface area contributed by atoms with E-state index in [-0.39, 0.29) is 22.9 Å². The van der Waals surface area contributed by atoms with Crippen molar-refractivity contribution in [3.05, 3.63) is 29.8 Å². The van der Waals surface area contributed by atoms with Gasteiger partial charge in [-0.1, -0.05) is 19.9 Å². The molecule has 1 aromatic carbocycles. The third-order valence-electron chi connectivity index (χ3n) is 4.47. The standard InChI is InChI=1S/C18H27N3O4S/c1-13-8-14(2)12-21(11-13)26(24,25)16-7-5-6-15(9-16)18(23)19-10-17(22)20(3)4/h5-7,9,13-14H,8,10-12H2,1-4H3,(H,19,23). The molecular weight excluding hydrogens is 354 g/mol. The number of rotatable bonds is 5. The van der Waals surface area contributed by atoms with Crippen molar-refractivity contribution in [2.24, 2.45) is 11.8 Å². The molecule has 7 nitrogen and oxygen atoms in total. The molecule has 0 spiro atoms. The Kier molecular flexibility index (Phi) is 6.41. The van der Waals surface area contributed by atoms with Crippen molar-refractivity contribution in [2.45, 2.75) is 25.2 Å². The Hall–Kier alpha value is -1.93. The summed E-state index contributed by atoms with van der Waals surface area (Å²) in [6.07, 6.45) is 1.01. The average molecular weight is 381 g/mol. The van der Waals surface area contributed by atoms with Gasteiger partial charge in [-0.2, -0.15) is 4.31 Å². The summed E-state index contributed by atoms with van der Waals surface area (Å²) >= 11 is 0. The van der Waals surface area contributed by atoms with E-state index in [1.807, 2.05) is 13.8 Å². The van der Waals surface area contributed by atoms with Crippen molar-refractivity contribution >= 4 is 21.8 Å². The minimum Gasteiger partial charge on any atom is -0.347 e. The molecule has 0 radical (unpaired) electrons. The number of nitrogens with one attached hydrogen (secondary N) is 1. The Balaban J connectivity index is 2.17. The highest BCUT2D eigenvalue weighted by molar-refractivity contribution is 7.89. The van der Waals surface area contributed by atoms with Crippen LogP contribution in [0.4, 0.5) is 0 Å². The smallest absolute Gasteiger partial charge is 0.251 e. The number of hydrogen-bond donors (Lipinski definition) is 1. The van der Waals surface area contributed by atoms with Crippen LogP contribution in [0.2, 0.25) is 0 Å². The van der Waals surface area contributed by atoms with Gasteiger partial charge >= 0.3 is 0 Å². The Bertz CT molecular complexity index is 766. The number of hydrogen-bond acceptors (Lipinski definition) is 4. The Morgan fingerprint density at radius 2 is 1.81 bits per heavy atom. The van der Waals surface area contributed by atoms with Crippen LogP contribution < -0.4 is 5.32 Å². The highest BCUT2D eigenvalue weighted by atomic mass is 32.2. The molecule has 0 aromatic heterocycles. The van der Waals surface area contributed by atoms with E-state index in [1.165, 1.54) is 27.4 Å². The van der Waals surface area contributed by atoms with E-state index in [0.29, 0.717) is 24.9 Å². The molecule has 1 N–H and O–H groups in total. The minimum absolute atomic E-state index is 0.102. The molecule has 2 rings (SSSR count). The van der Waals surface area contributed by atoms with Crippen molar-refractivity contribution < 1.29 is 18.0 Å². The highest BCUT2D eigenvalue weighted by Crippen LogP contribution is 2.26. The van der Waals surface area contributed by atoms with Gasteiger partial charge in [0, 0.05) is 32.7 Å². The maximum Gasteiger partial charge on any atom is 0.251 e. The first kappa shape index (κ1) is 20.4. The number of nitrogens with zero attached hydrogens (tertiary/aromatic N) is 2. The number of benzene rings is 1. The van der Waals surface area contributed by atoms with E-state index < -0.39 is 15.9 Å². The molecule has 26 heavy (non-hydrogen) atoms. The lowest BCUT2D eigenvalue weighted by molar-refractivity contribution is -0.127. The fourth-order valence-corrected chi connectivity index (χ4v) is 4.89. The molecule has 1 aromatic rings. The Morgan fingerprint density at radius 3 is 2.38 bits per heavy atom. The number of carbonyl (C=O) groups is 2. The second-order valence-electron chi connectivity index (χ2n) is 7.27. The number of carbonyl (C=O) groups excluding carboxylic acids is 2. The van der Waals surface area contributed by atoms with Crippen LogP contribution >= 0.6 is 0 Å². The monoisotopic (exact) mass is 381 g/mol. The third-order valence-corrected chi connectivity index (χ3v) is 6.30. The van der Waals surface area contributed by atoms with E-state index in [0.717, 1.165) is 6.42 Å². The van der Waals surface area contributed by atoms with Gasteiger partial charge in [-0.15, -0.1) is 0 Å². The average Bonchev–Trinajstić information content (AvgIpc) is 2.58. The summed E-state index contributed by atoms with van der Waals surface area (Å²) in [5, 5.41) is 2.51. The lowest BCUT2D eigenvalue weighted by Gasteiger charge is -2.34. The lowest BCUT2D eigenvalue weighted by atomic mass is 9.94. The molecule has 1 aliphatic heterocycles. The van der Waals surface area contributed by atoms with Crippen LogP contribution in [0.25, 0.3) is 0 Å². The molecule has 0 saturated carbocycles. The minimum atomic E-state index is -3.65. The van der Waals surface area contributed by atoms with E-state index >= 15 is 0 Å². The fraction of sp³-hybridized carbons (Fsp3) is 0.556. The van der Waals surface area contributed by atoms with Gasteiger partial charge in [0.05, 0.1) is 11.4 Å². The van der Waals surface area contributed by atoms with Crippen molar-refractivity contribution in [2.75, 3.05) is 33.7 Å². The molecule has 1 heterocycles. The topological polar surface area (TPSA) is 86.8 Å². The van der Waals surface area contributed by atoms with Gasteiger partial charge in [0.25, 0.3) is 5.91 Å². The molecule has 2 amide bonds. The molecule has 0 aliphatic carbocycles. The normalized spacial score (nSPS) is 21.2. The fourth-order valence-electron chi connectivity index (χ4n) is 3.16. The Morgan fingerprint density at radius 1 is 1.19 bits per heavy atom. The lowest BCUT2D eigenvalue weighted by Crippen LogP contribution is -2.42. The largest absolute Gasteiger partial charge is 0.347 e. The van der Waals surface area contributed by atoms with Crippen molar-refractivity contribution in [3.63, 3.8) is 0 Å². The second-order valence-corrected chi connectivity index (χ2v) is 9.20. The van der Waals surface area contributed by atoms with Gasteiger partial charge in [-0.25, -0.2) is 8.42 Å². The number of amides is 2. The molecule has 1 aliphatic rings. The van der Waals surface area contributed by atoms with Gasteiger partial charge in [0.15, 0.2) is 0 Å². The molecular formula is C18H27N3O4S. The van der Waals surface area contributed by atoms with Crippen LogP contribution in [-0.4, -0.2) is 63.2 Å². The zero-order chi connectivity index (χ0) is 19.5. The summed E-state index contributed by atoms with van der Waals surface area (Å²) in [5.74, 6) is -0.106. The van der Waals surface area contributed by atoms with Crippen molar-refractivity contribution in [1.29, 1.82) is 0 Å². The van der Waals surface area contributed by atoms with Crippen LogP contribution in [0.3, 0.4) is 0 Å². The van der Waals surface area contributed by atoms with Gasteiger partial charge in [-0.05, 0) is 36.5 Å². The van der Waals surface area contributed by atoms with E-state index in [1.54, 1.807) is 20.2 Å². The van der Waals surface area contributed by atoms with Crippen LogP contribution in [-0.2, 0) is 14.8 Å². The first-order chi connectivity index (χ1) is 12.1. The molecule has 0 bridgehead atoms. The molecule has 1 saturated heterocycles. The summed E-state index contributed by atoms with van der Waals surface area (Å²) in [4.78, 5) is 25.3. The maximum atomic E-state index is 12.9. The number of sulfonamides is 1. The quantitative estimate of drug-likeness (QED) is 0.829. The number of likely N-dealkylation sites (N-methyl/N-ethyl adjacent to an activating group) is 1. The summed E-state index contributed by atoms with van der Waals surface area (Å²) < 4.78 is 27.4. The summed E-state index contributed by atoms with van der Waals surface area (Å²) in [5.41, 5.74) is 0.218. The Labute approximate surface area is 155 Å². The van der Waals surface area contributed by atoms with Crippen LogP contribution in [0, 0.1) is 11.8 Å². The zero-order valence-electron chi connectivity index (χ0n) is 15.7. The summed E-state index contributed by atoms with van der Waals surface area (Å²) in [6.45, 7) is 4.93. The van der Waals surface area contributed by atoms with Gasteiger partial charge in [0.2, 0.25) is 15.9 Å². The first-order valence-corrected chi connectivity index (χ1v) is 10.1. The van der Waals surface area contributed by atoms with E-state index in [4.69, 9.17) is 0 Å². The maximum absolute atomic E-state index is 12.9. The van der Waals surface area contributed by atoms with Gasteiger partial charge < -0.3 is 10.2 Å². The van der Waals surface area contributed by atoms with Gasteiger partial charge in [-0.3, -0.25) is 9.59 Å². The molecule has 8 heteroatoms. The predicted molar refractivity (Wildman–Crippen MR) is 99.2 cm³/mol. The predicted octanol–water partition coefficient (Wildman–Crippen LogP) is 1.17. The number of piperidine rings is 1. The third kappa shape index (κ3) is 4.82. The summed E-state index contributed by atoms with van der Waals surface area (Å²) in [6, 6.07) is 5.96. The van der Waals surface area contributed by atoms with E-state index in [2.05, 4.69) is 5.32 Å². The van der Waals surface area contributed by atoms with Crippen molar-refractivity contribution in [1.82, 2.24) is 14.5 Å². The summed E-state index contributed by atoms with van der Waals surface area (Å²) in [7, 11) is -0.451. The zero-order valence-corrected chi connectivity index (χ0v) is 16.5. The molecule has 144 valence electrons. The van der Waals surface area contributed by atoms with Crippen LogP contribution in [0.15, 0.2) is 29.2 Å². The van der Waals surface area contributed by atoms with E-state index in [9.17, 15) is 18.0 Å². The SMILES string of the molecule is CC1CC(C)CN(S(=O)(=O)c2cccc(C(=O)NCC(=O)N(C)C)c2)C1. The highest BCUT2D eigenvalue weighted by Gasteiger charge is 2.31. The first-order valence-electron chi connectivity index (χ1n) is 8.69.